The van der Waals surface area contributed by atoms with E-state index in [-0.39, 0.29) is 40.6 Å². The molecule has 0 N–H and O–H groups in total. The van der Waals surface area contributed by atoms with Crippen molar-refractivity contribution in [3.63, 3.8) is 0 Å². The predicted molar refractivity (Wildman–Crippen MR) is 405 cm³/mol. The zero-order chi connectivity index (χ0) is 70.7. The van der Waals surface area contributed by atoms with Crippen molar-refractivity contribution in [3.8, 4) is 67.4 Å². The van der Waals surface area contributed by atoms with Gasteiger partial charge in [0.05, 0.1) is 44.1 Å². The Morgan fingerprint density at radius 3 is 1.52 bits per heavy atom. The van der Waals surface area contributed by atoms with Gasteiger partial charge in [0, 0.05) is 76.3 Å². The van der Waals surface area contributed by atoms with Crippen molar-refractivity contribution in [1.29, 1.82) is 0 Å². The summed E-state index contributed by atoms with van der Waals surface area (Å²) in [6.07, 6.45) is 0. The lowest BCUT2D eigenvalue weighted by atomic mass is 9.34. The average molecular weight is 1260 g/mol. The predicted octanol–water partition coefficient (Wildman–Crippen LogP) is 21.8. The van der Waals surface area contributed by atoms with E-state index in [0.717, 1.165) is 138 Å². The number of ether oxygens (including phenoxy) is 1. The molecule has 0 bridgehead atoms. The van der Waals surface area contributed by atoms with Gasteiger partial charge >= 0.3 is 0 Å². The highest BCUT2D eigenvalue weighted by Gasteiger charge is 2.46. The number of aromatic nitrogens is 2. The second kappa shape index (κ2) is 22.0. The summed E-state index contributed by atoms with van der Waals surface area (Å²) in [5, 5.41) is 2.42. The smallest absolute Gasteiger partial charge is 0.249 e. The van der Waals surface area contributed by atoms with Crippen LogP contribution in [0.5, 0.6) is 11.5 Å². The van der Waals surface area contributed by atoms with Gasteiger partial charge in [0.25, 0.3) is 0 Å². The van der Waals surface area contributed by atoms with Crippen molar-refractivity contribution < 1.29 is 15.7 Å². The van der Waals surface area contributed by atoms with Gasteiger partial charge in [0.15, 0.2) is 0 Å². The second-order valence-corrected chi connectivity index (χ2v) is 26.3. The Labute approximate surface area is 578 Å². The van der Waals surface area contributed by atoms with E-state index >= 15 is 0 Å². The molecule has 0 aliphatic carbocycles. The Hall–Kier alpha value is -12.1. The molecule has 0 atom stereocenters. The van der Waals surface area contributed by atoms with Crippen LogP contribution in [-0.4, -0.2) is 15.8 Å². The summed E-state index contributed by atoms with van der Waals surface area (Å²) in [5.41, 5.74) is 20.9. The minimum absolute atomic E-state index is 0.00988. The van der Waals surface area contributed by atoms with E-state index in [4.69, 9.17) is 10.2 Å². The van der Waals surface area contributed by atoms with Gasteiger partial charge in [-0.3, -0.25) is 0 Å². The number of rotatable bonds is 9. The van der Waals surface area contributed by atoms with Crippen LogP contribution < -0.4 is 26.0 Å². The van der Waals surface area contributed by atoms with Gasteiger partial charge in [-0.15, -0.1) is 0 Å². The third-order valence-electron chi connectivity index (χ3n) is 20.2. The Bertz CT molecular complexity index is 6300. The standard InChI is InChI=1S/C91H58BN3OS/c1-5-24-60(25-6-1)69-36-23-37-70(61-26-7-2-8-27-61)90(69)95-83-58-68(94-81-41-20-15-34-73(81)74-35-16-21-42-82(74)94)50-53-77(83)92-78-52-47-63(59-44-48-67(49-45-59)93-79-39-18-13-32-71(79)72-33-14-19-40-80(72)93)56-87(78)97-88-57-64(54-84(95)89(88)92)62-46-51-76-86(55-62)96-85-43-22-17-38-75(85)91(76,65-28-9-3-10-29-65)66-30-11-4-12-31-66/h1-58H/i15D,16D,20D,21D,34D,35D,41D,42D. The molecule has 3 aliphatic rings. The first-order valence-corrected chi connectivity index (χ1v) is 33.6. The molecule has 0 fully saturated rings. The van der Waals surface area contributed by atoms with Gasteiger partial charge < -0.3 is 18.8 Å². The number of fused-ring (bicyclic) bond motifs is 12. The molecule has 6 heteroatoms. The molecule has 3 aliphatic heterocycles. The molecule has 0 radical (unpaired) electrons. The molecular formula is C91H58BN3OS. The van der Waals surface area contributed by atoms with Crippen LogP contribution in [0.1, 0.15) is 33.2 Å². The van der Waals surface area contributed by atoms with Gasteiger partial charge in [-0.05, 0) is 134 Å². The van der Waals surface area contributed by atoms with Gasteiger partial charge in [-0.2, -0.15) is 0 Å². The second-order valence-electron chi connectivity index (χ2n) is 25.2. The molecule has 97 heavy (non-hydrogen) atoms. The molecular weight excluding hydrogens is 1190 g/mol. The van der Waals surface area contributed by atoms with Crippen LogP contribution in [-0.2, 0) is 5.41 Å². The van der Waals surface area contributed by atoms with Crippen molar-refractivity contribution in [2.45, 2.75) is 15.2 Å². The molecule has 2 aromatic heterocycles. The summed E-state index contributed by atoms with van der Waals surface area (Å²) in [7, 11) is 0. The highest BCUT2D eigenvalue weighted by atomic mass is 32.2. The van der Waals surface area contributed by atoms with Crippen LogP contribution in [0.4, 0.5) is 17.1 Å². The molecule has 0 saturated carbocycles. The van der Waals surface area contributed by atoms with Crippen molar-refractivity contribution in [2.24, 2.45) is 0 Å². The van der Waals surface area contributed by atoms with Gasteiger partial charge in [-0.25, -0.2) is 0 Å². The van der Waals surface area contributed by atoms with E-state index in [0.29, 0.717) is 5.69 Å². The molecule has 4 nitrogen and oxygen atoms in total. The van der Waals surface area contributed by atoms with E-state index < -0.39 is 41.7 Å². The molecule has 0 unspecified atom stereocenters. The summed E-state index contributed by atoms with van der Waals surface area (Å²) in [5.74, 6) is 1.49. The number of nitrogens with zero attached hydrogens (tertiary/aromatic N) is 3. The third-order valence-corrected chi connectivity index (χ3v) is 21.3. The molecule has 0 amide bonds. The summed E-state index contributed by atoms with van der Waals surface area (Å²) >= 11 is 1.76. The van der Waals surface area contributed by atoms with Crippen molar-refractivity contribution in [2.75, 3.05) is 4.90 Å². The lowest BCUT2D eigenvalue weighted by Crippen LogP contribution is -2.59. The number of benzene rings is 15. The highest BCUT2D eigenvalue weighted by Crippen LogP contribution is 2.57. The summed E-state index contributed by atoms with van der Waals surface area (Å²) in [4.78, 5) is 4.52. The van der Waals surface area contributed by atoms with Crippen LogP contribution in [0.3, 0.4) is 0 Å². The normalized spacial score (nSPS) is 14.4. The maximum absolute atomic E-state index is 9.72. The Balaban J connectivity index is 0.865. The van der Waals surface area contributed by atoms with Crippen LogP contribution in [0.15, 0.2) is 361 Å². The Morgan fingerprint density at radius 2 is 0.856 bits per heavy atom. The van der Waals surface area contributed by atoms with Crippen molar-refractivity contribution in [3.05, 3.63) is 374 Å². The molecule has 20 rings (SSSR count). The van der Waals surface area contributed by atoms with E-state index in [1.54, 1.807) is 16.3 Å². The van der Waals surface area contributed by atoms with Gasteiger partial charge in [0.1, 0.15) is 11.5 Å². The maximum Gasteiger partial charge on any atom is 0.249 e. The van der Waals surface area contributed by atoms with Gasteiger partial charge in [-0.1, -0.05) is 290 Å². The lowest BCUT2D eigenvalue weighted by molar-refractivity contribution is 0.435. The molecule has 15 aromatic carbocycles. The quantitative estimate of drug-likeness (QED) is 0.135. The zero-order valence-corrected chi connectivity index (χ0v) is 52.9. The first-order chi connectivity index (χ1) is 51.4. The van der Waals surface area contributed by atoms with E-state index in [2.05, 4.69) is 289 Å². The largest absolute Gasteiger partial charge is 0.457 e. The van der Waals surface area contributed by atoms with Crippen LogP contribution in [0, 0.1) is 0 Å². The lowest BCUT2D eigenvalue weighted by Gasteiger charge is -2.42. The Kier molecular flexibility index (Phi) is 10.8. The highest BCUT2D eigenvalue weighted by molar-refractivity contribution is 8.00. The summed E-state index contributed by atoms with van der Waals surface area (Å²) in [6, 6.07) is 104. The molecule has 17 aromatic rings. The Morgan fingerprint density at radius 1 is 0.340 bits per heavy atom. The minimum Gasteiger partial charge on any atom is -0.457 e. The average Bonchev–Trinajstić information content (AvgIpc) is 1.61. The van der Waals surface area contributed by atoms with Crippen LogP contribution >= 0.6 is 11.8 Å². The fraction of sp³-hybridized carbons (Fsp3) is 0.0110. The maximum atomic E-state index is 9.72. The molecule has 0 saturated heterocycles. The first-order valence-electron chi connectivity index (χ1n) is 36.8. The monoisotopic (exact) mass is 1260 g/mol. The van der Waals surface area contributed by atoms with Crippen molar-refractivity contribution in [1.82, 2.24) is 9.13 Å². The summed E-state index contributed by atoms with van der Waals surface area (Å²) in [6.45, 7) is -0.384. The first kappa shape index (κ1) is 47.7. The molecule has 5 heterocycles. The third kappa shape index (κ3) is 8.46. The topological polar surface area (TPSA) is 22.3 Å². The number of anilines is 3. The zero-order valence-electron chi connectivity index (χ0n) is 60.1. The number of hydrogen-bond acceptors (Lipinski definition) is 3. The van der Waals surface area contributed by atoms with E-state index in [1.165, 1.54) is 10.8 Å². The van der Waals surface area contributed by atoms with E-state index in [9.17, 15) is 5.48 Å². The minimum atomic E-state index is -0.754. The molecule has 452 valence electrons. The fourth-order valence-corrected chi connectivity index (χ4v) is 17.3. The molecule has 0 spiro atoms. The number of para-hydroxylation sites is 6. The van der Waals surface area contributed by atoms with Crippen LogP contribution in [0.25, 0.3) is 99.5 Å². The van der Waals surface area contributed by atoms with Gasteiger partial charge in [0.2, 0.25) is 6.71 Å². The fourth-order valence-electron chi connectivity index (χ4n) is 16.0. The number of hydrogen-bond donors (Lipinski definition) is 0. The van der Waals surface area contributed by atoms with E-state index in [1.807, 2.05) is 24.3 Å². The van der Waals surface area contributed by atoms with Crippen LogP contribution in [0.2, 0.25) is 0 Å². The summed E-state index contributed by atoms with van der Waals surface area (Å²) < 4.78 is 85.9. The SMILES string of the molecule is [2H]c1c([2H])c([2H])c2c(c1[2H])c1c([2H])c([2H])c([2H])c([2H])c1n2-c1ccc2c(c1)N(c1c(-c3ccccc3)cccc1-c1ccccc1)c1cc(-c3ccc4c(c3)Oc3ccccc3C4(c3ccccc3)c3ccccc3)cc3c1B2c1ccc(-c2ccc(-n4c5ccccc5c5ccccc54)cc2)cc1S3. The van der Waals surface area contributed by atoms with Crippen molar-refractivity contribution >= 4 is 95.5 Å².